The van der Waals surface area contributed by atoms with Crippen molar-refractivity contribution in [2.45, 2.75) is 45.4 Å². The summed E-state index contributed by atoms with van der Waals surface area (Å²) in [7, 11) is 0. The van der Waals surface area contributed by atoms with Crippen LogP contribution in [0.25, 0.3) is 0 Å². The second-order valence-corrected chi connectivity index (χ2v) is 5.98. The number of ether oxygens (including phenoxy) is 1. The molecule has 0 heterocycles. The molecule has 2 rings (SSSR count). The lowest BCUT2D eigenvalue weighted by Gasteiger charge is -2.24. The Kier molecular flexibility index (Phi) is 5.53. The molecule has 2 unspecified atom stereocenters. The largest absolute Gasteiger partial charge is 0.435 e. The van der Waals surface area contributed by atoms with E-state index in [1.54, 1.807) is 12.1 Å². The fourth-order valence-corrected chi connectivity index (χ4v) is 2.64. The van der Waals surface area contributed by atoms with Crippen LogP contribution in [0.4, 0.5) is 8.78 Å². The summed E-state index contributed by atoms with van der Waals surface area (Å²) in [5.74, 6) is 1.36. The molecular formula is C16H23F2NO2. The first-order valence-corrected chi connectivity index (χ1v) is 7.43. The summed E-state index contributed by atoms with van der Waals surface area (Å²) in [4.78, 5) is 0. The molecule has 0 amide bonds. The third-order valence-corrected chi connectivity index (χ3v) is 3.89. The number of aliphatic hydroxyl groups excluding tert-OH is 1. The van der Waals surface area contributed by atoms with Crippen LogP contribution in [0.15, 0.2) is 24.3 Å². The fourth-order valence-electron chi connectivity index (χ4n) is 2.64. The normalized spacial score (nSPS) is 18.0. The minimum Gasteiger partial charge on any atom is -0.435 e. The van der Waals surface area contributed by atoms with Crippen molar-refractivity contribution in [2.75, 3.05) is 6.54 Å². The summed E-state index contributed by atoms with van der Waals surface area (Å²) < 4.78 is 28.4. The molecule has 5 heteroatoms. The topological polar surface area (TPSA) is 41.5 Å². The van der Waals surface area contributed by atoms with Crippen LogP contribution in [0.1, 0.15) is 38.4 Å². The summed E-state index contributed by atoms with van der Waals surface area (Å²) in [5.41, 5.74) is 0.697. The molecule has 2 N–H and O–H groups in total. The molecule has 1 aliphatic carbocycles. The lowest BCUT2D eigenvalue weighted by atomic mass is 9.99. The Bertz CT molecular complexity index is 430. The lowest BCUT2D eigenvalue weighted by Crippen LogP contribution is -2.38. The maximum Gasteiger partial charge on any atom is 0.387 e. The first-order valence-electron chi connectivity index (χ1n) is 7.43. The molecule has 118 valence electrons. The van der Waals surface area contributed by atoms with E-state index in [4.69, 9.17) is 0 Å². The van der Waals surface area contributed by atoms with Gasteiger partial charge in [0, 0.05) is 12.6 Å². The van der Waals surface area contributed by atoms with Crippen LogP contribution >= 0.6 is 0 Å². The number of alkyl halides is 2. The van der Waals surface area contributed by atoms with Gasteiger partial charge in [0.15, 0.2) is 0 Å². The smallest absolute Gasteiger partial charge is 0.387 e. The highest BCUT2D eigenvalue weighted by molar-refractivity contribution is 5.28. The van der Waals surface area contributed by atoms with E-state index in [0.717, 1.165) is 5.92 Å². The highest BCUT2D eigenvalue weighted by atomic mass is 19.3. The predicted molar refractivity (Wildman–Crippen MR) is 77.4 cm³/mol. The van der Waals surface area contributed by atoms with Gasteiger partial charge in [-0.15, -0.1) is 0 Å². The number of halogens is 2. The van der Waals surface area contributed by atoms with Crippen LogP contribution in [0.5, 0.6) is 5.75 Å². The highest BCUT2D eigenvalue weighted by Gasteiger charge is 2.33. The molecule has 0 radical (unpaired) electrons. The van der Waals surface area contributed by atoms with E-state index in [1.807, 2.05) is 0 Å². The molecular weight excluding hydrogens is 276 g/mol. The second-order valence-electron chi connectivity index (χ2n) is 5.98. The van der Waals surface area contributed by atoms with E-state index >= 15 is 0 Å². The van der Waals surface area contributed by atoms with Gasteiger partial charge in [0.05, 0.1) is 6.10 Å². The van der Waals surface area contributed by atoms with Gasteiger partial charge in [0.1, 0.15) is 5.75 Å². The van der Waals surface area contributed by atoms with E-state index in [-0.39, 0.29) is 5.75 Å². The molecule has 0 bridgehead atoms. The molecule has 0 aliphatic heterocycles. The van der Waals surface area contributed by atoms with Crippen LogP contribution < -0.4 is 10.1 Å². The average Bonchev–Trinajstić information content (AvgIpc) is 3.23. The first-order chi connectivity index (χ1) is 9.97. The van der Waals surface area contributed by atoms with E-state index in [2.05, 4.69) is 23.9 Å². The van der Waals surface area contributed by atoms with Gasteiger partial charge in [-0.3, -0.25) is 0 Å². The number of benzene rings is 1. The van der Waals surface area contributed by atoms with Crippen molar-refractivity contribution < 1.29 is 18.6 Å². The summed E-state index contributed by atoms with van der Waals surface area (Å²) in [6.07, 6.45) is 1.86. The second kappa shape index (κ2) is 7.18. The quantitative estimate of drug-likeness (QED) is 0.773. The Hall–Kier alpha value is -1.20. The van der Waals surface area contributed by atoms with Gasteiger partial charge in [-0.1, -0.05) is 26.0 Å². The molecule has 1 aliphatic rings. The minimum absolute atomic E-state index is 0.104. The van der Waals surface area contributed by atoms with E-state index in [0.29, 0.717) is 24.1 Å². The van der Waals surface area contributed by atoms with Gasteiger partial charge in [0.2, 0.25) is 0 Å². The summed E-state index contributed by atoms with van der Waals surface area (Å²) in [6.45, 7) is 2.00. The molecule has 1 aromatic carbocycles. The van der Waals surface area contributed by atoms with Crippen LogP contribution in [0.2, 0.25) is 0 Å². The zero-order chi connectivity index (χ0) is 15.4. The Morgan fingerprint density at radius 3 is 2.33 bits per heavy atom. The molecule has 0 saturated heterocycles. The van der Waals surface area contributed by atoms with Crippen LogP contribution in [0.3, 0.4) is 0 Å². The maximum atomic E-state index is 12.1. The zero-order valence-electron chi connectivity index (χ0n) is 12.4. The van der Waals surface area contributed by atoms with Crippen LogP contribution in [-0.4, -0.2) is 24.3 Å². The number of hydrogen-bond acceptors (Lipinski definition) is 3. The van der Waals surface area contributed by atoms with Crippen molar-refractivity contribution in [3.63, 3.8) is 0 Å². The van der Waals surface area contributed by atoms with E-state index < -0.39 is 12.7 Å². The Labute approximate surface area is 124 Å². The van der Waals surface area contributed by atoms with Gasteiger partial charge < -0.3 is 15.2 Å². The van der Waals surface area contributed by atoms with Crippen LogP contribution in [0, 0.1) is 11.8 Å². The molecule has 21 heavy (non-hydrogen) atoms. The van der Waals surface area contributed by atoms with Crippen molar-refractivity contribution in [3.8, 4) is 5.75 Å². The van der Waals surface area contributed by atoms with E-state index in [9.17, 15) is 13.9 Å². The van der Waals surface area contributed by atoms with Crippen molar-refractivity contribution >= 4 is 0 Å². The molecule has 3 nitrogen and oxygen atoms in total. The third kappa shape index (κ3) is 4.93. The number of aliphatic hydroxyl groups is 1. The lowest BCUT2D eigenvalue weighted by molar-refractivity contribution is -0.0498. The zero-order valence-corrected chi connectivity index (χ0v) is 12.4. The number of rotatable bonds is 8. The van der Waals surface area contributed by atoms with E-state index in [1.165, 1.54) is 25.0 Å². The monoisotopic (exact) mass is 299 g/mol. The standard InChI is InChI=1S/C16H23F2NO2/c1-10(2)15(12-3-4-12)19-9-14(20)11-5-7-13(8-6-11)21-16(17)18/h5-8,10,12,14-16,19-20H,3-4,9H2,1-2H3. The highest BCUT2D eigenvalue weighted by Crippen LogP contribution is 2.35. The van der Waals surface area contributed by atoms with Gasteiger partial charge in [-0.25, -0.2) is 0 Å². The van der Waals surface area contributed by atoms with Crippen molar-refractivity contribution in [1.29, 1.82) is 0 Å². The van der Waals surface area contributed by atoms with Gasteiger partial charge >= 0.3 is 6.61 Å². The predicted octanol–water partition coefficient (Wildman–Crippen LogP) is 3.35. The molecule has 1 saturated carbocycles. The molecule has 0 spiro atoms. The van der Waals surface area contributed by atoms with Gasteiger partial charge in [0.25, 0.3) is 0 Å². The summed E-state index contributed by atoms with van der Waals surface area (Å²) in [6, 6.07) is 6.56. The average molecular weight is 299 g/mol. The molecule has 1 fully saturated rings. The van der Waals surface area contributed by atoms with Crippen molar-refractivity contribution in [1.82, 2.24) is 5.32 Å². The SMILES string of the molecule is CC(C)C(NCC(O)c1ccc(OC(F)F)cc1)C1CC1. The number of nitrogens with one attached hydrogen (secondary N) is 1. The summed E-state index contributed by atoms with van der Waals surface area (Å²) in [5, 5.41) is 13.6. The number of hydrogen-bond donors (Lipinski definition) is 2. The third-order valence-electron chi connectivity index (χ3n) is 3.89. The Balaban J connectivity index is 1.86. The molecule has 2 atom stereocenters. The fraction of sp³-hybridized carbons (Fsp3) is 0.625. The maximum absolute atomic E-state index is 12.1. The van der Waals surface area contributed by atoms with Crippen LogP contribution in [-0.2, 0) is 0 Å². The van der Waals surface area contributed by atoms with Gasteiger partial charge in [-0.2, -0.15) is 8.78 Å². The molecule has 0 aromatic heterocycles. The minimum atomic E-state index is -2.83. The molecule has 1 aromatic rings. The summed E-state index contributed by atoms with van der Waals surface area (Å²) >= 11 is 0. The van der Waals surface area contributed by atoms with Gasteiger partial charge in [-0.05, 0) is 42.4 Å². The Morgan fingerprint density at radius 2 is 1.86 bits per heavy atom. The Morgan fingerprint density at radius 1 is 1.24 bits per heavy atom. The van der Waals surface area contributed by atoms with Crippen molar-refractivity contribution in [3.05, 3.63) is 29.8 Å². The van der Waals surface area contributed by atoms with Crippen molar-refractivity contribution in [2.24, 2.45) is 11.8 Å². The first kappa shape index (κ1) is 16.2.